The Bertz CT molecular complexity index is 3840. The first kappa shape index (κ1) is 37.6. The van der Waals surface area contributed by atoms with Crippen LogP contribution in [0.3, 0.4) is 0 Å². The average molecular weight is 852 g/mol. The Hall–Kier alpha value is -8.72. The van der Waals surface area contributed by atoms with Crippen LogP contribution < -0.4 is 4.90 Å². The van der Waals surface area contributed by atoms with Crippen LogP contribution in [0.5, 0.6) is 0 Å². The van der Waals surface area contributed by atoms with E-state index in [1.54, 1.807) is 0 Å². The summed E-state index contributed by atoms with van der Waals surface area (Å²) in [5.74, 6) is 0.887. The highest BCUT2D eigenvalue weighted by molar-refractivity contribution is 6.29. The molecule has 14 rings (SSSR count). The Labute approximate surface area is 389 Å². The third kappa shape index (κ3) is 5.45. The minimum absolute atomic E-state index is 0.425. The van der Waals surface area contributed by atoms with E-state index in [4.69, 9.17) is 4.42 Å². The van der Waals surface area contributed by atoms with Gasteiger partial charge in [0.15, 0.2) is 0 Å². The molecule has 0 amide bonds. The molecule has 0 atom stereocenters. The first-order valence-electron chi connectivity index (χ1n) is 23.2. The molecule has 0 N–H and O–H groups in total. The molecule has 0 saturated heterocycles. The highest BCUT2D eigenvalue weighted by Crippen LogP contribution is 2.63. The minimum Gasteiger partial charge on any atom is -0.455 e. The fourth-order valence-corrected chi connectivity index (χ4v) is 11.7. The van der Waals surface area contributed by atoms with Gasteiger partial charge in [0.2, 0.25) is 0 Å². The molecule has 2 heteroatoms. The minimum atomic E-state index is -0.425. The number of anilines is 3. The molecule has 2 aliphatic rings. The second kappa shape index (κ2) is 14.7. The molecule has 0 fully saturated rings. The molecule has 0 aliphatic heterocycles. The monoisotopic (exact) mass is 851 g/mol. The number of hydrogen-bond acceptors (Lipinski definition) is 2. The lowest BCUT2D eigenvalue weighted by Gasteiger charge is -2.32. The van der Waals surface area contributed by atoms with E-state index in [1.807, 2.05) is 0 Å². The second-order valence-corrected chi connectivity index (χ2v) is 17.9. The van der Waals surface area contributed by atoms with Gasteiger partial charge >= 0.3 is 0 Å². The molecule has 0 radical (unpaired) electrons. The molecule has 67 heavy (non-hydrogen) atoms. The third-order valence-corrected chi connectivity index (χ3v) is 14.5. The number of benzene rings is 11. The van der Waals surface area contributed by atoms with Gasteiger partial charge in [0, 0.05) is 39.0 Å². The SMILES string of the molecule is c1ccc(-c2oc3c4ccccc4c4ccc(-c5ccc(N(c6ccccc6)c6ccc7c(c6)C6(c8ccccc8-c8ccccc86)c6ccccc6-7)cc5)cc4c3c2-c2ccccc2)cc1. The summed E-state index contributed by atoms with van der Waals surface area (Å²) in [6, 6.07) is 90.9. The quantitative estimate of drug-likeness (QED) is 0.155. The normalized spacial score (nSPS) is 12.9. The molecular weight excluding hydrogens is 811 g/mol. The molecule has 12 aromatic rings. The molecule has 2 nitrogen and oxygen atoms in total. The summed E-state index contributed by atoms with van der Waals surface area (Å²) in [7, 11) is 0. The number of para-hydroxylation sites is 1. The van der Waals surface area contributed by atoms with Gasteiger partial charge in [-0.15, -0.1) is 0 Å². The van der Waals surface area contributed by atoms with Crippen LogP contribution in [0.1, 0.15) is 22.3 Å². The average Bonchev–Trinajstić information content (AvgIpc) is 4.05. The maximum absolute atomic E-state index is 7.04. The van der Waals surface area contributed by atoms with Crippen molar-refractivity contribution in [3.63, 3.8) is 0 Å². The van der Waals surface area contributed by atoms with E-state index in [1.165, 1.54) is 60.7 Å². The maximum Gasteiger partial charge on any atom is 0.143 e. The van der Waals surface area contributed by atoms with E-state index in [0.717, 1.165) is 67.0 Å². The van der Waals surface area contributed by atoms with Gasteiger partial charge in [0.05, 0.1) is 5.41 Å². The van der Waals surface area contributed by atoms with E-state index in [0.29, 0.717) is 0 Å². The highest BCUT2D eigenvalue weighted by Gasteiger charge is 2.51. The number of hydrogen-bond donors (Lipinski definition) is 0. The molecule has 11 aromatic carbocycles. The summed E-state index contributed by atoms with van der Waals surface area (Å²) < 4.78 is 7.04. The molecule has 312 valence electrons. The van der Waals surface area contributed by atoms with Gasteiger partial charge in [-0.2, -0.15) is 0 Å². The lowest BCUT2D eigenvalue weighted by molar-refractivity contribution is 0.636. The van der Waals surface area contributed by atoms with Crippen molar-refractivity contribution in [1.29, 1.82) is 0 Å². The molecule has 0 saturated carbocycles. The van der Waals surface area contributed by atoms with Crippen molar-refractivity contribution >= 4 is 49.6 Å². The fraction of sp³-hybridized carbons (Fsp3) is 0.0154. The molecule has 0 unspecified atom stereocenters. The molecule has 1 heterocycles. The van der Waals surface area contributed by atoms with E-state index in [-0.39, 0.29) is 0 Å². The van der Waals surface area contributed by atoms with Gasteiger partial charge in [-0.1, -0.05) is 206 Å². The Balaban J connectivity index is 0.937. The maximum atomic E-state index is 7.04. The van der Waals surface area contributed by atoms with Crippen molar-refractivity contribution in [1.82, 2.24) is 0 Å². The molecule has 0 bridgehead atoms. The second-order valence-electron chi connectivity index (χ2n) is 17.9. The smallest absolute Gasteiger partial charge is 0.143 e. The topological polar surface area (TPSA) is 16.4 Å². The summed E-state index contributed by atoms with van der Waals surface area (Å²) in [6.45, 7) is 0. The molecule has 1 aromatic heterocycles. The standard InChI is InChI=1S/C65H41NO/c1-4-18-43(19-5-1)61-62-56-40-45(34-38-50(56)49-24-10-11-28-55(49)64(62)67-63(61)44-20-6-2-7-21-44)42-32-35-47(36-33-42)66(46-22-8-3-9-23-46)48-37-39-54-53-27-14-17-31-59(53)65(60(54)41-48)57-29-15-12-25-51(57)52-26-13-16-30-58(52)65/h1-41H. The summed E-state index contributed by atoms with van der Waals surface area (Å²) in [5.41, 5.74) is 20.0. The zero-order valence-corrected chi connectivity index (χ0v) is 36.5. The largest absolute Gasteiger partial charge is 0.455 e. The third-order valence-electron chi connectivity index (χ3n) is 14.5. The summed E-state index contributed by atoms with van der Waals surface area (Å²) >= 11 is 0. The van der Waals surface area contributed by atoms with Crippen LogP contribution in [0.25, 0.3) is 88.3 Å². The van der Waals surface area contributed by atoms with Crippen molar-refractivity contribution in [2.45, 2.75) is 5.41 Å². The Kier molecular flexibility index (Phi) is 8.23. The first-order valence-corrected chi connectivity index (χ1v) is 23.2. The molecule has 2 aliphatic carbocycles. The predicted octanol–water partition coefficient (Wildman–Crippen LogP) is 17.6. The Morgan fingerprint density at radius 1 is 0.299 bits per heavy atom. The van der Waals surface area contributed by atoms with Crippen molar-refractivity contribution in [3.8, 4) is 55.8 Å². The van der Waals surface area contributed by atoms with Crippen LogP contribution in [0.2, 0.25) is 0 Å². The summed E-state index contributed by atoms with van der Waals surface area (Å²) in [4.78, 5) is 2.41. The van der Waals surface area contributed by atoms with E-state index in [2.05, 4.69) is 254 Å². The summed E-state index contributed by atoms with van der Waals surface area (Å²) in [5, 5.41) is 5.82. The predicted molar refractivity (Wildman–Crippen MR) is 279 cm³/mol. The van der Waals surface area contributed by atoms with Crippen LogP contribution in [0.15, 0.2) is 253 Å². The van der Waals surface area contributed by atoms with Crippen molar-refractivity contribution < 1.29 is 4.42 Å². The van der Waals surface area contributed by atoms with Crippen molar-refractivity contribution in [2.24, 2.45) is 0 Å². The first-order chi connectivity index (χ1) is 33.3. The Morgan fingerprint density at radius 2 is 0.776 bits per heavy atom. The van der Waals surface area contributed by atoms with Crippen LogP contribution in [0.4, 0.5) is 17.1 Å². The fourth-order valence-electron chi connectivity index (χ4n) is 11.7. The number of fused-ring (bicyclic) bond motifs is 16. The van der Waals surface area contributed by atoms with Crippen molar-refractivity contribution in [2.75, 3.05) is 4.90 Å². The molecule has 1 spiro atoms. The van der Waals surface area contributed by atoms with Gasteiger partial charge in [0.25, 0.3) is 0 Å². The van der Waals surface area contributed by atoms with Crippen LogP contribution >= 0.6 is 0 Å². The van der Waals surface area contributed by atoms with E-state index < -0.39 is 5.41 Å². The van der Waals surface area contributed by atoms with Gasteiger partial charge in [-0.05, 0) is 120 Å². The molecular formula is C65H41NO. The van der Waals surface area contributed by atoms with Gasteiger partial charge in [-0.25, -0.2) is 0 Å². The summed E-state index contributed by atoms with van der Waals surface area (Å²) in [6.07, 6.45) is 0. The van der Waals surface area contributed by atoms with Crippen molar-refractivity contribution in [3.05, 3.63) is 271 Å². The van der Waals surface area contributed by atoms with Crippen LogP contribution in [0, 0.1) is 0 Å². The van der Waals surface area contributed by atoms with Gasteiger partial charge in [0.1, 0.15) is 11.3 Å². The lowest BCUT2D eigenvalue weighted by Crippen LogP contribution is -2.26. The zero-order chi connectivity index (χ0) is 44.1. The zero-order valence-electron chi connectivity index (χ0n) is 36.5. The van der Waals surface area contributed by atoms with Crippen LogP contribution in [-0.4, -0.2) is 0 Å². The van der Waals surface area contributed by atoms with Crippen LogP contribution in [-0.2, 0) is 5.41 Å². The van der Waals surface area contributed by atoms with Gasteiger partial charge in [-0.3, -0.25) is 0 Å². The highest BCUT2D eigenvalue weighted by atomic mass is 16.3. The van der Waals surface area contributed by atoms with E-state index >= 15 is 0 Å². The lowest BCUT2D eigenvalue weighted by atomic mass is 9.70. The number of furan rings is 1. The van der Waals surface area contributed by atoms with Gasteiger partial charge < -0.3 is 9.32 Å². The van der Waals surface area contributed by atoms with E-state index in [9.17, 15) is 0 Å². The number of rotatable bonds is 6. The number of nitrogens with zero attached hydrogens (tertiary/aromatic N) is 1. The Morgan fingerprint density at radius 3 is 1.42 bits per heavy atom.